The van der Waals surface area contributed by atoms with Crippen LogP contribution in [0.5, 0.6) is 5.75 Å². The lowest BCUT2D eigenvalue weighted by atomic mass is 10.2. The first kappa shape index (κ1) is 23.5. The van der Waals surface area contributed by atoms with Crippen LogP contribution in [0.1, 0.15) is 25.6 Å². The zero-order valence-electron chi connectivity index (χ0n) is 18.0. The number of aromatic nitrogens is 3. The fourth-order valence-corrected chi connectivity index (χ4v) is 5.31. The SMILES string of the molecule is COc1ccc(S(=O)(=O)N2CCOCC2)cc1NC(=O)CSc1nnc(C(C)C)n1C. The Balaban J connectivity index is 1.72. The van der Waals surface area contributed by atoms with E-state index in [2.05, 4.69) is 15.5 Å². The molecular formula is C19H27N5O5S2. The van der Waals surface area contributed by atoms with Gasteiger partial charge in [-0.3, -0.25) is 4.79 Å². The van der Waals surface area contributed by atoms with Crippen molar-refractivity contribution in [1.82, 2.24) is 19.1 Å². The molecule has 31 heavy (non-hydrogen) atoms. The average Bonchev–Trinajstić information content (AvgIpc) is 3.13. The number of nitrogens with zero attached hydrogens (tertiary/aromatic N) is 4. The molecule has 1 aromatic carbocycles. The van der Waals surface area contributed by atoms with Gasteiger partial charge in [0.25, 0.3) is 0 Å². The molecule has 1 saturated heterocycles. The number of anilines is 1. The van der Waals surface area contributed by atoms with Gasteiger partial charge in [-0.2, -0.15) is 4.31 Å². The van der Waals surface area contributed by atoms with E-state index in [4.69, 9.17) is 9.47 Å². The number of benzene rings is 1. The topological polar surface area (TPSA) is 116 Å². The van der Waals surface area contributed by atoms with Gasteiger partial charge in [-0.05, 0) is 18.2 Å². The number of nitrogens with one attached hydrogen (secondary N) is 1. The van der Waals surface area contributed by atoms with Crippen LogP contribution in [-0.4, -0.2) is 72.6 Å². The highest BCUT2D eigenvalue weighted by atomic mass is 32.2. The monoisotopic (exact) mass is 469 g/mol. The number of methoxy groups -OCH3 is 1. The number of carbonyl (C=O) groups excluding carboxylic acids is 1. The maximum Gasteiger partial charge on any atom is 0.243 e. The van der Waals surface area contributed by atoms with Gasteiger partial charge in [-0.15, -0.1) is 10.2 Å². The van der Waals surface area contributed by atoms with E-state index in [0.29, 0.717) is 42.9 Å². The molecule has 2 aromatic rings. The summed E-state index contributed by atoms with van der Waals surface area (Å²) in [6.07, 6.45) is 0. The summed E-state index contributed by atoms with van der Waals surface area (Å²) in [4.78, 5) is 12.6. The van der Waals surface area contributed by atoms with Crippen LogP contribution >= 0.6 is 11.8 Å². The van der Waals surface area contributed by atoms with Gasteiger partial charge < -0.3 is 19.4 Å². The van der Waals surface area contributed by atoms with E-state index < -0.39 is 10.0 Å². The summed E-state index contributed by atoms with van der Waals surface area (Å²) in [6.45, 7) is 5.35. The van der Waals surface area contributed by atoms with Gasteiger partial charge in [-0.25, -0.2) is 8.42 Å². The first-order valence-electron chi connectivity index (χ1n) is 9.82. The third kappa shape index (κ3) is 5.37. The molecule has 0 atom stereocenters. The van der Waals surface area contributed by atoms with Crippen molar-refractivity contribution < 1.29 is 22.7 Å². The van der Waals surface area contributed by atoms with Crippen molar-refractivity contribution in [2.75, 3.05) is 44.5 Å². The first-order chi connectivity index (χ1) is 14.7. The summed E-state index contributed by atoms with van der Waals surface area (Å²) in [5.74, 6) is 1.22. The molecule has 1 N–H and O–H groups in total. The minimum absolute atomic E-state index is 0.0908. The second-order valence-corrected chi connectivity index (χ2v) is 10.2. The molecule has 3 rings (SSSR count). The summed E-state index contributed by atoms with van der Waals surface area (Å²) in [6, 6.07) is 4.43. The van der Waals surface area contributed by atoms with Gasteiger partial charge in [0, 0.05) is 26.1 Å². The highest BCUT2D eigenvalue weighted by Gasteiger charge is 2.27. The lowest BCUT2D eigenvalue weighted by Gasteiger charge is -2.26. The molecule has 1 fully saturated rings. The number of thioether (sulfide) groups is 1. The van der Waals surface area contributed by atoms with Gasteiger partial charge in [0.2, 0.25) is 15.9 Å². The highest BCUT2D eigenvalue weighted by molar-refractivity contribution is 7.99. The Bertz CT molecular complexity index is 1030. The molecule has 12 heteroatoms. The molecular weight excluding hydrogens is 442 g/mol. The first-order valence-corrected chi connectivity index (χ1v) is 12.2. The van der Waals surface area contributed by atoms with Gasteiger partial charge in [0.05, 0.1) is 36.7 Å². The van der Waals surface area contributed by atoms with Crippen molar-refractivity contribution in [3.63, 3.8) is 0 Å². The molecule has 0 unspecified atom stereocenters. The van der Waals surface area contributed by atoms with Crippen molar-refractivity contribution in [2.24, 2.45) is 7.05 Å². The lowest BCUT2D eigenvalue weighted by molar-refractivity contribution is -0.113. The van der Waals surface area contributed by atoms with Gasteiger partial charge >= 0.3 is 0 Å². The number of hydrogen-bond acceptors (Lipinski definition) is 8. The smallest absolute Gasteiger partial charge is 0.243 e. The summed E-state index contributed by atoms with van der Waals surface area (Å²) >= 11 is 1.25. The second kappa shape index (κ2) is 9.98. The van der Waals surface area contributed by atoms with Crippen molar-refractivity contribution >= 4 is 33.4 Å². The molecule has 0 bridgehead atoms. The summed E-state index contributed by atoms with van der Waals surface area (Å²) in [5, 5.41) is 11.7. The highest BCUT2D eigenvalue weighted by Crippen LogP contribution is 2.30. The normalized spacial score (nSPS) is 15.3. The third-order valence-electron chi connectivity index (χ3n) is 4.77. The van der Waals surface area contributed by atoms with E-state index >= 15 is 0 Å². The Morgan fingerprint density at radius 3 is 2.61 bits per heavy atom. The Labute approximate surface area is 186 Å². The lowest BCUT2D eigenvalue weighted by Crippen LogP contribution is -2.40. The van der Waals surface area contributed by atoms with Gasteiger partial charge in [0.1, 0.15) is 11.6 Å². The van der Waals surface area contributed by atoms with Crippen LogP contribution in [0.25, 0.3) is 0 Å². The predicted molar refractivity (Wildman–Crippen MR) is 117 cm³/mol. The quantitative estimate of drug-likeness (QED) is 0.581. The van der Waals surface area contributed by atoms with Crippen LogP contribution in [0.3, 0.4) is 0 Å². The molecule has 1 aromatic heterocycles. The molecule has 1 aliphatic rings. The summed E-state index contributed by atoms with van der Waals surface area (Å²) in [7, 11) is -0.371. The Morgan fingerprint density at radius 1 is 1.29 bits per heavy atom. The molecule has 0 spiro atoms. The number of sulfonamides is 1. The van der Waals surface area contributed by atoms with E-state index in [9.17, 15) is 13.2 Å². The zero-order chi connectivity index (χ0) is 22.6. The number of carbonyl (C=O) groups is 1. The van der Waals surface area contributed by atoms with Crippen molar-refractivity contribution in [3.05, 3.63) is 24.0 Å². The van der Waals surface area contributed by atoms with Crippen LogP contribution < -0.4 is 10.1 Å². The van der Waals surface area contributed by atoms with Crippen LogP contribution in [0.2, 0.25) is 0 Å². The fourth-order valence-electron chi connectivity index (χ4n) is 3.15. The Morgan fingerprint density at radius 2 is 2.00 bits per heavy atom. The summed E-state index contributed by atoms with van der Waals surface area (Å²) in [5.41, 5.74) is 0.295. The minimum Gasteiger partial charge on any atom is -0.495 e. The molecule has 1 aliphatic heterocycles. The molecule has 0 aliphatic carbocycles. The van der Waals surface area contributed by atoms with Crippen LogP contribution in [0.15, 0.2) is 28.3 Å². The minimum atomic E-state index is -3.69. The van der Waals surface area contributed by atoms with E-state index in [-0.39, 0.29) is 22.5 Å². The average molecular weight is 470 g/mol. The van der Waals surface area contributed by atoms with Crippen molar-refractivity contribution in [3.8, 4) is 5.75 Å². The second-order valence-electron chi connectivity index (χ2n) is 7.27. The number of morpholine rings is 1. The Kier molecular flexibility index (Phi) is 7.57. The maximum atomic E-state index is 12.9. The number of amides is 1. The number of ether oxygens (including phenoxy) is 2. The van der Waals surface area contributed by atoms with E-state index in [1.54, 1.807) is 0 Å². The van der Waals surface area contributed by atoms with Crippen molar-refractivity contribution in [2.45, 2.75) is 29.8 Å². The van der Waals surface area contributed by atoms with Gasteiger partial charge in [0.15, 0.2) is 5.16 Å². The molecule has 1 amide bonds. The fraction of sp³-hybridized carbons (Fsp3) is 0.526. The van der Waals surface area contributed by atoms with E-state index in [1.165, 1.54) is 41.4 Å². The molecule has 10 nitrogen and oxygen atoms in total. The largest absolute Gasteiger partial charge is 0.495 e. The number of rotatable bonds is 8. The van der Waals surface area contributed by atoms with Crippen LogP contribution in [0.4, 0.5) is 5.69 Å². The molecule has 0 radical (unpaired) electrons. The van der Waals surface area contributed by atoms with Crippen LogP contribution in [-0.2, 0) is 26.6 Å². The predicted octanol–water partition coefficient (Wildman–Crippen LogP) is 1.70. The standard InChI is InChI=1S/C19H27N5O5S2/c1-13(2)18-21-22-19(23(18)3)30-12-17(25)20-15-11-14(5-6-16(15)28-4)31(26,27)24-7-9-29-10-8-24/h5-6,11,13H,7-10,12H2,1-4H3,(H,20,25). The maximum absolute atomic E-state index is 12.9. The van der Waals surface area contributed by atoms with Gasteiger partial charge in [-0.1, -0.05) is 25.6 Å². The van der Waals surface area contributed by atoms with E-state index in [1.807, 2.05) is 25.5 Å². The van der Waals surface area contributed by atoms with Crippen LogP contribution in [0, 0.1) is 0 Å². The van der Waals surface area contributed by atoms with Crippen molar-refractivity contribution in [1.29, 1.82) is 0 Å². The molecule has 2 heterocycles. The molecule has 170 valence electrons. The van der Waals surface area contributed by atoms with E-state index in [0.717, 1.165) is 5.82 Å². The third-order valence-corrected chi connectivity index (χ3v) is 7.69. The zero-order valence-corrected chi connectivity index (χ0v) is 19.6. The Hall–Kier alpha value is -2.15. The molecule has 0 saturated carbocycles. The summed E-state index contributed by atoms with van der Waals surface area (Å²) < 4.78 is 39.6. The number of hydrogen-bond donors (Lipinski definition) is 1.